The lowest BCUT2D eigenvalue weighted by atomic mass is 9.77. The monoisotopic (exact) mass is 242 g/mol. The minimum Gasteiger partial charge on any atom is -0.480 e. The van der Waals surface area contributed by atoms with E-state index >= 15 is 0 Å². The van der Waals surface area contributed by atoms with Crippen LogP contribution in [0.3, 0.4) is 0 Å². The average Bonchev–Trinajstić information content (AvgIpc) is 2.20. The first-order valence-electron chi connectivity index (χ1n) is 5.81. The highest BCUT2D eigenvalue weighted by molar-refractivity contribution is 5.90. The molecule has 1 fully saturated rings. The summed E-state index contributed by atoms with van der Waals surface area (Å²) in [5.74, 6) is -1.64. The van der Waals surface area contributed by atoms with Crippen molar-refractivity contribution < 1.29 is 19.5 Å². The fourth-order valence-corrected chi connectivity index (χ4v) is 1.73. The van der Waals surface area contributed by atoms with Crippen molar-refractivity contribution >= 4 is 17.8 Å². The van der Waals surface area contributed by atoms with Crippen LogP contribution >= 0.6 is 0 Å². The molecule has 3 N–H and O–H groups in total. The SMILES string of the molecule is CCCC(=O)NCC(=O)NC1(C(=O)O)CCC1. The van der Waals surface area contributed by atoms with E-state index in [9.17, 15) is 14.4 Å². The van der Waals surface area contributed by atoms with E-state index in [1.54, 1.807) is 0 Å². The molecule has 1 aliphatic carbocycles. The zero-order valence-corrected chi connectivity index (χ0v) is 9.91. The molecular weight excluding hydrogens is 224 g/mol. The zero-order valence-electron chi connectivity index (χ0n) is 9.91. The fraction of sp³-hybridized carbons (Fsp3) is 0.727. The van der Waals surface area contributed by atoms with Crippen LogP contribution in [0.1, 0.15) is 39.0 Å². The lowest BCUT2D eigenvalue weighted by molar-refractivity contribution is -0.151. The highest BCUT2D eigenvalue weighted by atomic mass is 16.4. The van der Waals surface area contributed by atoms with Gasteiger partial charge >= 0.3 is 5.97 Å². The van der Waals surface area contributed by atoms with E-state index in [0.29, 0.717) is 25.7 Å². The maximum atomic E-state index is 11.5. The minimum atomic E-state index is -1.10. The molecule has 0 bridgehead atoms. The molecule has 1 saturated carbocycles. The van der Waals surface area contributed by atoms with Gasteiger partial charge in [0.15, 0.2) is 0 Å². The van der Waals surface area contributed by atoms with Crippen molar-refractivity contribution in [3.05, 3.63) is 0 Å². The van der Waals surface area contributed by atoms with Crippen LogP contribution in [0.15, 0.2) is 0 Å². The van der Waals surface area contributed by atoms with Crippen LogP contribution in [-0.4, -0.2) is 35.0 Å². The lowest BCUT2D eigenvalue weighted by Crippen LogP contribution is -2.60. The molecule has 17 heavy (non-hydrogen) atoms. The van der Waals surface area contributed by atoms with Gasteiger partial charge in [-0.2, -0.15) is 0 Å². The van der Waals surface area contributed by atoms with Crippen LogP contribution in [0.4, 0.5) is 0 Å². The van der Waals surface area contributed by atoms with E-state index in [1.165, 1.54) is 0 Å². The molecule has 0 radical (unpaired) electrons. The number of aliphatic carboxylic acids is 1. The summed E-state index contributed by atoms with van der Waals surface area (Å²) in [4.78, 5) is 33.6. The van der Waals surface area contributed by atoms with Crippen LogP contribution < -0.4 is 10.6 Å². The van der Waals surface area contributed by atoms with Gasteiger partial charge in [-0.25, -0.2) is 4.79 Å². The highest BCUT2D eigenvalue weighted by Crippen LogP contribution is 2.31. The summed E-state index contributed by atoms with van der Waals surface area (Å²) in [6.07, 6.45) is 2.80. The number of hydrogen-bond donors (Lipinski definition) is 3. The van der Waals surface area contributed by atoms with Crippen molar-refractivity contribution in [1.29, 1.82) is 0 Å². The van der Waals surface area contributed by atoms with Gasteiger partial charge in [0.1, 0.15) is 5.54 Å². The maximum absolute atomic E-state index is 11.5. The predicted molar refractivity (Wildman–Crippen MR) is 60.3 cm³/mol. The van der Waals surface area contributed by atoms with Crippen molar-refractivity contribution in [1.82, 2.24) is 10.6 Å². The Bertz CT molecular complexity index is 323. The Morgan fingerprint density at radius 3 is 2.29 bits per heavy atom. The Labute approximate surface area is 99.8 Å². The van der Waals surface area contributed by atoms with Gasteiger partial charge in [0, 0.05) is 6.42 Å². The van der Waals surface area contributed by atoms with Crippen molar-refractivity contribution in [3.63, 3.8) is 0 Å². The summed E-state index contributed by atoms with van der Waals surface area (Å²) in [7, 11) is 0. The first kappa shape index (κ1) is 13.5. The molecule has 1 rings (SSSR count). The van der Waals surface area contributed by atoms with Crippen molar-refractivity contribution in [2.45, 2.75) is 44.6 Å². The number of nitrogens with one attached hydrogen (secondary N) is 2. The first-order chi connectivity index (χ1) is 8.00. The van der Waals surface area contributed by atoms with Gasteiger partial charge < -0.3 is 15.7 Å². The third-order valence-corrected chi connectivity index (χ3v) is 2.92. The van der Waals surface area contributed by atoms with Crippen LogP contribution in [0, 0.1) is 0 Å². The Morgan fingerprint density at radius 1 is 1.24 bits per heavy atom. The summed E-state index contributed by atoms with van der Waals surface area (Å²) in [5.41, 5.74) is -1.10. The lowest BCUT2D eigenvalue weighted by Gasteiger charge is -2.38. The molecule has 0 heterocycles. The van der Waals surface area contributed by atoms with E-state index in [4.69, 9.17) is 5.11 Å². The summed E-state index contributed by atoms with van der Waals surface area (Å²) in [6, 6.07) is 0. The number of carboxylic acids is 1. The van der Waals surface area contributed by atoms with E-state index in [1.807, 2.05) is 6.92 Å². The number of rotatable bonds is 6. The molecule has 0 atom stereocenters. The molecule has 0 spiro atoms. The molecule has 0 aliphatic heterocycles. The maximum Gasteiger partial charge on any atom is 0.329 e. The van der Waals surface area contributed by atoms with Crippen LogP contribution in [0.5, 0.6) is 0 Å². The van der Waals surface area contributed by atoms with Crippen molar-refractivity contribution in [3.8, 4) is 0 Å². The molecule has 2 amide bonds. The molecular formula is C11H18N2O4. The van der Waals surface area contributed by atoms with Gasteiger partial charge in [0.25, 0.3) is 0 Å². The van der Waals surface area contributed by atoms with Crippen molar-refractivity contribution in [2.24, 2.45) is 0 Å². The Balaban J connectivity index is 2.34. The van der Waals surface area contributed by atoms with E-state index in [0.717, 1.165) is 6.42 Å². The number of carbonyl (C=O) groups excluding carboxylic acids is 2. The molecule has 6 nitrogen and oxygen atoms in total. The summed E-state index contributed by atoms with van der Waals surface area (Å²) in [6.45, 7) is 1.71. The van der Waals surface area contributed by atoms with Gasteiger partial charge in [-0.1, -0.05) is 6.92 Å². The second kappa shape index (κ2) is 5.65. The summed E-state index contributed by atoms with van der Waals surface area (Å²) >= 11 is 0. The van der Waals surface area contributed by atoms with E-state index < -0.39 is 17.4 Å². The number of carbonyl (C=O) groups is 3. The normalized spacial score (nSPS) is 16.8. The Hall–Kier alpha value is -1.59. The van der Waals surface area contributed by atoms with Crippen LogP contribution in [-0.2, 0) is 14.4 Å². The molecule has 0 aromatic carbocycles. The Kier molecular flexibility index (Phi) is 4.48. The second-order valence-corrected chi connectivity index (χ2v) is 4.32. The fourth-order valence-electron chi connectivity index (χ4n) is 1.73. The second-order valence-electron chi connectivity index (χ2n) is 4.32. The third kappa shape index (κ3) is 3.44. The van der Waals surface area contributed by atoms with Gasteiger partial charge in [0.05, 0.1) is 6.54 Å². The molecule has 96 valence electrons. The number of carboxylic acid groups (broad SMARTS) is 1. The molecule has 6 heteroatoms. The van der Waals surface area contributed by atoms with E-state index in [2.05, 4.69) is 10.6 Å². The van der Waals surface area contributed by atoms with Gasteiger partial charge in [-0.05, 0) is 25.7 Å². The molecule has 0 unspecified atom stereocenters. The minimum absolute atomic E-state index is 0.159. The molecule has 0 aromatic heterocycles. The Morgan fingerprint density at radius 2 is 1.88 bits per heavy atom. The van der Waals surface area contributed by atoms with Crippen molar-refractivity contribution in [2.75, 3.05) is 6.54 Å². The molecule has 1 aliphatic rings. The van der Waals surface area contributed by atoms with E-state index in [-0.39, 0.29) is 12.5 Å². The average molecular weight is 242 g/mol. The third-order valence-electron chi connectivity index (χ3n) is 2.92. The predicted octanol–water partition coefficient (Wildman–Crippen LogP) is 0.0262. The summed E-state index contributed by atoms with van der Waals surface area (Å²) < 4.78 is 0. The zero-order chi connectivity index (χ0) is 12.9. The topological polar surface area (TPSA) is 95.5 Å². The molecule has 0 aromatic rings. The highest BCUT2D eigenvalue weighted by Gasteiger charge is 2.45. The van der Waals surface area contributed by atoms with Crippen LogP contribution in [0.25, 0.3) is 0 Å². The quantitative estimate of drug-likeness (QED) is 0.612. The number of hydrogen-bond acceptors (Lipinski definition) is 3. The van der Waals surface area contributed by atoms with Gasteiger partial charge in [-0.15, -0.1) is 0 Å². The van der Waals surface area contributed by atoms with Gasteiger partial charge in [-0.3, -0.25) is 9.59 Å². The van der Waals surface area contributed by atoms with Gasteiger partial charge in [0.2, 0.25) is 11.8 Å². The first-order valence-corrected chi connectivity index (χ1v) is 5.81. The molecule has 0 saturated heterocycles. The summed E-state index contributed by atoms with van der Waals surface area (Å²) in [5, 5.41) is 13.9. The standard InChI is InChI=1S/C11H18N2O4/c1-2-4-8(14)12-7-9(15)13-11(10(16)17)5-3-6-11/h2-7H2,1H3,(H,12,14)(H,13,15)(H,16,17). The number of amides is 2. The van der Waals surface area contributed by atoms with Crippen LogP contribution in [0.2, 0.25) is 0 Å². The largest absolute Gasteiger partial charge is 0.480 e. The smallest absolute Gasteiger partial charge is 0.329 e.